The first-order chi connectivity index (χ1) is 4.34. The summed E-state index contributed by atoms with van der Waals surface area (Å²) in [6.45, 7) is 2.25. The fourth-order valence-corrected chi connectivity index (χ4v) is 2.44. The Morgan fingerprint density at radius 1 is 1.67 bits per heavy atom. The molecule has 0 amide bonds. The van der Waals surface area contributed by atoms with Crippen molar-refractivity contribution in [3.63, 3.8) is 0 Å². The van der Waals surface area contributed by atoms with Gasteiger partial charge in [-0.15, -0.1) is 12.3 Å². The van der Waals surface area contributed by atoms with Gasteiger partial charge in [0.05, 0.1) is 0 Å². The average molecular weight is 140 g/mol. The maximum atomic E-state index is 5.33. The first-order valence-corrected chi connectivity index (χ1v) is 4.54. The highest BCUT2D eigenvalue weighted by atomic mass is 32.2. The molecular formula is C8H12S. The third-order valence-electron chi connectivity index (χ3n) is 1.92. The van der Waals surface area contributed by atoms with Gasteiger partial charge in [-0.1, -0.05) is 6.92 Å². The lowest BCUT2D eigenvalue weighted by molar-refractivity contribution is 0.457. The molecule has 1 saturated heterocycles. The summed E-state index contributed by atoms with van der Waals surface area (Å²) in [5.41, 5.74) is 0. The highest BCUT2D eigenvalue weighted by Gasteiger charge is 2.18. The van der Waals surface area contributed by atoms with Gasteiger partial charge in [0, 0.05) is 11.7 Å². The van der Waals surface area contributed by atoms with E-state index in [0.29, 0.717) is 5.92 Å². The fraction of sp³-hybridized carbons (Fsp3) is 0.750. The third kappa shape index (κ3) is 1.66. The van der Waals surface area contributed by atoms with Crippen LogP contribution in [0.2, 0.25) is 0 Å². The average Bonchev–Trinajstić information content (AvgIpc) is 1.89. The van der Waals surface area contributed by atoms with Crippen molar-refractivity contribution in [1.82, 2.24) is 0 Å². The lowest BCUT2D eigenvalue weighted by atomic mass is 9.94. The van der Waals surface area contributed by atoms with Gasteiger partial charge in [-0.25, -0.2) is 0 Å². The summed E-state index contributed by atoms with van der Waals surface area (Å²) in [5.74, 6) is 6.62. The summed E-state index contributed by atoms with van der Waals surface area (Å²) < 4.78 is 0. The van der Waals surface area contributed by atoms with Gasteiger partial charge in [0.15, 0.2) is 0 Å². The van der Waals surface area contributed by atoms with E-state index in [1.54, 1.807) is 0 Å². The number of hydrogen-bond donors (Lipinski definition) is 0. The van der Waals surface area contributed by atoms with Gasteiger partial charge < -0.3 is 0 Å². The summed E-state index contributed by atoms with van der Waals surface area (Å²) >= 11 is 1.99. The van der Waals surface area contributed by atoms with E-state index < -0.39 is 0 Å². The molecule has 0 aliphatic carbocycles. The molecule has 1 aliphatic heterocycles. The zero-order chi connectivity index (χ0) is 6.69. The highest BCUT2D eigenvalue weighted by molar-refractivity contribution is 7.99. The van der Waals surface area contributed by atoms with E-state index in [9.17, 15) is 0 Å². The molecule has 1 rings (SSSR count). The molecule has 1 heteroatoms. The molecule has 0 saturated carbocycles. The van der Waals surface area contributed by atoms with Gasteiger partial charge in [-0.05, 0) is 18.1 Å². The molecule has 2 unspecified atom stereocenters. The Morgan fingerprint density at radius 3 is 2.89 bits per heavy atom. The van der Waals surface area contributed by atoms with Crippen LogP contribution in [0.3, 0.4) is 0 Å². The Labute approximate surface area is 61.4 Å². The van der Waals surface area contributed by atoms with Crippen LogP contribution in [0.4, 0.5) is 0 Å². The number of thioether (sulfide) groups is 1. The molecule has 0 bridgehead atoms. The quantitative estimate of drug-likeness (QED) is 0.464. The minimum Gasteiger partial charge on any atom is -0.161 e. The second-order valence-corrected chi connectivity index (χ2v) is 3.76. The zero-order valence-electron chi connectivity index (χ0n) is 5.76. The molecule has 1 heterocycles. The van der Waals surface area contributed by atoms with E-state index in [-0.39, 0.29) is 0 Å². The first-order valence-electron chi connectivity index (χ1n) is 3.38. The normalized spacial score (nSPS) is 35.6. The molecule has 1 fully saturated rings. The SMILES string of the molecule is C#CC1CSCCC1C. The van der Waals surface area contributed by atoms with E-state index in [1.807, 2.05) is 11.8 Å². The van der Waals surface area contributed by atoms with Crippen molar-refractivity contribution in [3.05, 3.63) is 0 Å². The third-order valence-corrected chi connectivity index (χ3v) is 3.04. The lowest BCUT2D eigenvalue weighted by Gasteiger charge is -2.23. The highest BCUT2D eigenvalue weighted by Crippen LogP contribution is 2.27. The lowest BCUT2D eigenvalue weighted by Crippen LogP contribution is -2.18. The van der Waals surface area contributed by atoms with Crippen molar-refractivity contribution < 1.29 is 0 Å². The van der Waals surface area contributed by atoms with Gasteiger partial charge >= 0.3 is 0 Å². The van der Waals surface area contributed by atoms with Crippen LogP contribution in [-0.2, 0) is 0 Å². The fourth-order valence-electron chi connectivity index (χ4n) is 1.06. The maximum Gasteiger partial charge on any atom is 0.0316 e. The molecule has 2 atom stereocenters. The monoisotopic (exact) mass is 140 g/mol. The summed E-state index contributed by atoms with van der Waals surface area (Å²) in [7, 11) is 0. The van der Waals surface area contributed by atoms with Crippen molar-refractivity contribution in [2.24, 2.45) is 11.8 Å². The van der Waals surface area contributed by atoms with Gasteiger partial charge in [0.1, 0.15) is 0 Å². The van der Waals surface area contributed by atoms with Crippen LogP contribution in [-0.4, -0.2) is 11.5 Å². The van der Waals surface area contributed by atoms with Gasteiger partial charge in [-0.3, -0.25) is 0 Å². The van der Waals surface area contributed by atoms with Crippen molar-refractivity contribution >= 4 is 11.8 Å². The predicted octanol–water partition coefficient (Wildman–Crippen LogP) is 2.01. The number of rotatable bonds is 0. The molecule has 0 nitrogen and oxygen atoms in total. The molecule has 9 heavy (non-hydrogen) atoms. The molecule has 0 radical (unpaired) electrons. The molecular weight excluding hydrogens is 128 g/mol. The molecule has 0 spiro atoms. The molecule has 0 aromatic heterocycles. The van der Waals surface area contributed by atoms with Crippen LogP contribution in [0.25, 0.3) is 0 Å². The van der Waals surface area contributed by atoms with E-state index in [2.05, 4.69) is 12.8 Å². The van der Waals surface area contributed by atoms with E-state index in [0.717, 1.165) is 5.92 Å². The largest absolute Gasteiger partial charge is 0.161 e. The van der Waals surface area contributed by atoms with Crippen LogP contribution in [0.5, 0.6) is 0 Å². The first kappa shape index (κ1) is 7.02. The van der Waals surface area contributed by atoms with Gasteiger partial charge in [0.25, 0.3) is 0 Å². The van der Waals surface area contributed by atoms with E-state index in [4.69, 9.17) is 6.42 Å². The topological polar surface area (TPSA) is 0 Å². The van der Waals surface area contributed by atoms with Crippen LogP contribution in [0.1, 0.15) is 13.3 Å². The van der Waals surface area contributed by atoms with Crippen molar-refractivity contribution in [3.8, 4) is 12.3 Å². The minimum atomic E-state index is 0.545. The van der Waals surface area contributed by atoms with Crippen LogP contribution in [0.15, 0.2) is 0 Å². The van der Waals surface area contributed by atoms with Gasteiger partial charge in [-0.2, -0.15) is 11.8 Å². The summed E-state index contributed by atoms with van der Waals surface area (Å²) in [6.07, 6.45) is 6.64. The Balaban J connectivity index is 2.41. The van der Waals surface area contributed by atoms with E-state index >= 15 is 0 Å². The van der Waals surface area contributed by atoms with Crippen LogP contribution >= 0.6 is 11.8 Å². The Kier molecular flexibility index (Phi) is 2.48. The van der Waals surface area contributed by atoms with Crippen molar-refractivity contribution in [2.75, 3.05) is 11.5 Å². The molecule has 1 aliphatic rings. The van der Waals surface area contributed by atoms with Crippen LogP contribution in [0, 0.1) is 24.2 Å². The second-order valence-electron chi connectivity index (χ2n) is 2.61. The molecule has 0 N–H and O–H groups in total. The van der Waals surface area contributed by atoms with Crippen molar-refractivity contribution in [1.29, 1.82) is 0 Å². The molecule has 0 aromatic rings. The smallest absolute Gasteiger partial charge is 0.0316 e. The van der Waals surface area contributed by atoms with Gasteiger partial charge in [0.2, 0.25) is 0 Å². The molecule has 0 aromatic carbocycles. The Morgan fingerprint density at radius 2 is 2.44 bits per heavy atom. The Bertz CT molecular complexity index is 123. The maximum absolute atomic E-state index is 5.33. The minimum absolute atomic E-state index is 0.545. The second kappa shape index (κ2) is 3.17. The zero-order valence-corrected chi connectivity index (χ0v) is 6.58. The summed E-state index contributed by atoms with van der Waals surface area (Å²) in [5, 5.41) is 0. The Hall–Kier alpha value is -0.0900. The van der Waals surface area contributed by atoms with Crippen LogP contribution < -0.4 is 0 Å². The van der Waals surface area contributed by atoms with Crippen molar-refractivity contribution in [2.45, 2.75) is 13.3 Å². The predicted molar refractivity (Wildman–Crippen MR) is 43.4 cm³/mol. The molecule has 50 valence electrons. The summed E-state index contributed by atoms with van der Waals surface area (Å²) in [6, 6.07) is 0. The summed E-state index contributed by atoms with van der Waals surface area (Å²) in [4.78, 5) is 0. The number of terminal acetylenes is 1. The number of hydrogen-bond acceptors (Lipinski definition) is 1. The standard InChI is InChI=1S/C8H12S/c1-3-8-6-9-5-4-7(8)2/h1,7-8H,4-6H2,2H3. The van der Waals surface area contributed by atoms with E-state index in [1.165, 1.54) is 17.9 Å².